The third-order valence-corrected chi connectivity index (χ3v) is 3.09. The monoisotopic (exact) mass is 238 g/mol. The Morgan fingerprint density at radius 1 is 1.29 bits per heavy atom. The van der Waals surface area contributed by atoms with E-state index in [0.717, 1.165) is 24.6 Å². The van der Waals surface area contributed by atoms with Gasteiger partial charge in [0.25, 0.3) is 0 Å². The van der Waals surface area contributed by atoms with E-state index in [-0.39, 0.29) is 6.04 Å². The summed E-state index contributed by atoms with van der Waals surface area (Å²) < 4.78 is 5.83. The average Bonchev–Trinajstić information content (AvgIpc) is 2.82. The molecule has 0 radical (unpaired) electrons. The summed E-state index contributed by atoms with van der Waals surface area (Å²) in [6, 6.07) is 0.210. The van der Waals surface area contributed by atoms with Gasteiger partial charge in [0.05, 0.1) is 12.2 Å². The van der Waals surface area contributed by atoms with E-state index >= 15 is 0 Å². The first-order valence-electron chi connectivity index (χ1n) is 6.88. The number of nitrogens with one attached hydrogen (secondary N) is 1. The predicted octanol–water partition coefficient (Wildman–Crippen LogP) is 4.03. The van der Waals surface area contributed by atoms with E-state index in [4.69, 9.17) is 4.42 Å². The van der Waals surface area contributed by atoms with Crippen molar-refractivity contribution in [2.45, 2.75) is 65.3 Å². The lowest BCUT2D eigenvalue weighted by Crippen LogP contribution is -2.19. The highest BCUT2D eigenvalue weighted by molar-refractivity contribution is 5.02. The smallest absolute Gasteiger partial charge is 0.211 e. The largest absolute Gasteiger partial charge is 0.444 e. The van der Waals surface area contributed by atoms with Crippen LogP contribution in [-0.4, -0.2) is 11.5 Å². The fourth-order valence-electron chi connectivity index (χ4n) is 1.83. The Morgan fingerprint density at radius 3 is 2.71 bits per heavy atom. The van der Waals surface area contributed by atoms with Gasteiger partial charge in [-0.3, -0.25) is 0 Å². The van der Waals surface area contributed by atoms with E-state index in [1.807, 2.05) is 6.20 Å². The molecular formula is C14H26N2O. The minimum Gasteiger partial charge on any atom is -0.444 e. The van der Waals surface area contributed by atoms with Gasteiger partial charge >= 0.3 is 0 Å². The summed E-state index contributed by atoms with van der Waals surface area (Å²) in [5.41, 5.74) is 0. The van der Waals surface area contributed by atoms with Crippen molar-refractivity contribution in [3.63, 3.8) is 0 Å². The Hall–Kier alpha value is -0.830. The molecule has 0 bridgehead atoms. The quantitative estimate of drug-likeness (QED) is 0.743. The van der Waals surface area contributed by atoms with Gasteiger partial charge in [-0.25, -0.2) is 4.98 Å². The highest BCUT2D eigenvalue weighted by Gasteiger charge is 2.15. The SMILES string of the molecule is CCCCC(C)c1cnc(C(C)NCCC)o1. The van der Waals surface area contributed by atoms with E-state index in [2.05, 4.69) is 38.0 Å². The molecule has 3 nitrogen and oxygen atoms in total. The van der Waals surface area contributed by atoms with Gasteiger partial charge in [0.2, 0.25) is 5.89 Å². The molecule has 1 heterocycles. The zero-order valence-corrected chi connectivity index (χ0v) is 11.6. The number of unbranched alkanes of at least 4 members (excludes halogenated alkanes) is 1. The molecule has 1 rings (SSSR count). The van der Waals surface area contributed by atoms with E-state index in [0.29, 0.717) is 5.92 Å². The van der Waals surface area contributed by atoms with Crippen LogP contribution in [-0.2, 0) is 0 Å². The van der Waals surface area contributed by atoms with Crippen LogP contribution in [0.15, 0.2) is 10.6 Å². The van der Waals surface area contributed by atoms with Crippen molar-refractivity contribution in [1.29, 1.82) is 0 Å². The molecule has 0 fully saturated rings. The van der Waals surface area contributed by atoms with Gasteiger partial charge in [-0.15, -0.1) is 0 Å². The lowest BCUT2D eigenvalue weighted by Gasteiger charge is -2.09. The number of hydrogen-bond acceptors (Lipinski definition) is 3. The topological polar surface area (TPSA) is 38.1 Å². The van der Waals surface area contributed by atoms with Crippen molar-refractivity contribution in [3.05, 3.63) is 17.8 Å². The van der Waals surface area contributed by atoms with Gasteiger partial charge in [0.15, 0.2) is 0 Å². The zero-order chi connectivity index (χ0) is 12.7. The molecule has 0 aliphatic carbocycles. The highest BCUT2D eigenvalue weighted by Crippen LogP contribution is 2.24. The van der Waals surface area contributed by atoms with Crippen LogP contribution in [0.1, 0.15) is 77.0 Å². The third kappa shape index (κ3) is 4.50. The molecule has 0 saturated heterocycles. The summed E-state index contributed by atoms with van der Waals surface area (Å²) in [6.45, 7) is 9.69. The first-order valence-corrected chi connectivity index (χ1v) is 6.88. The number of rotatable bonds is 8. The lowest BCUT2D eigenvalue weighted by atomic mass is 10.0. The highest BCUT2D eigenvalue weighted by atomic mass is 16.4. The molecule has 0 amide bonds. The second-order valence-electron chi connectivity index (χ2n) is 4.82. The van der Waals surface area contributed by atoms with Crippen molar-refractivity contribution in [2.75, 3.05) is 6.54 Å². The molecule has 0 aliphatic heterocycles. The van der Waals surface area contributed by atoms with Crippen LogP contribution in [0.25, 0.3) is 0 Å². The molecule has 1 N–H and O–H groups in total. The number of nitrogens with zero attached hydrogens (tertiary/aromatic N) is 1. The molecule has 2 unspecified atom stereocenters. The van der Waals surface area contributed by atoms with E-state index in [1.165, 1.54) is 19.3 Å². The van der Waals surface area contributed by atoms with Crippen molar-refractivity contribution in [3.8, 4) is 0 Å². The molecule has 98 valence electrons. The Balaban J connectivity index is 2.51. The lowest BCUT2D eigenvalue weighted by molar-refractivity contribution is 0.375. The summed E-state index contributed by atoms with van der Waals surface area (Å²) in [7, 11) is 0. The number of hydrogen-bond donors (Lipinski definition) is 1. The first-order chi connectivity index (χ1) is 8.19. The van der Waals surface area contributed by atoms with Gasteiger partial charge in [0, 0.05) is 5.92 Å². The molecular weight excluding hydrogens is 212 g/mol. The molecule has 3 heteroatoms. The average molecular weight is 238 g/mol. The Morgan fingerprint density at radius 2 is 2.06 bits per heavy atom. The summed E-state index contributed by atoms with van der Waals surface area (Å²) in [4.78, 5) is 4.37. The van der Waals surface area contributed by atoms with Crippen LogP contribution >= 0.6 is 0 Å². The van der Waals surface area contributed by atoms with Gasteiger partial charge in [-0.05, 0) is 26.3 Å². The minimum absolute atomic E-state index is 0.210. The van der Waals surface area contributed by atoms with Crippen molar-refractivity contribution in [1.82, 2.24) is 10.3 Å². The fraction of sp³-hybridized carbons (Fsp3) is 0.786. The molecule has 1 aromatic rings. The molecule has 1 aromatic heterocycles. The molecule has 2 atom stereocenters. The van der Waals surface area contributed by atoms with E-state index < -0.39 is 0 Å². The maximum Gasteiger partial charge on any atom is 0.211 e. The summed E-state index contributed by atoms with van der Waals surface area (Å²) >= 11 is 0. The van der Waals surface area contributed by atoms with E-state index in [9.17, 15) is 0 Å². The van der Waals surface area contributed by atoms with Crippen LogP contribution < -0.4 is 5.32 Å². The molecule has 0 aromatic carbocycles. The van der Waals surface area contributed by atoms with Gasteiger partial charge in [-0.1, -0.05) is 33.6 Å². The fourth-order valence-corrected chi connectivity index (χ4v) is 1.83. The van der Waals surface area contributed by atoms with Gasteiger partial charge in [-0.2, -0.15) is 0 Å². The van der Waals surface area contributed by atoms with Crippen molar-refractivity contribution >= 4 is 0 Å². The maximum absolute atomic E-state index is 5.83. The zero-order valence-electron chi connectivity index (χ0n) is 11.6. The number of oxazole rings is 1. The Labute approximate surface area is 105 Å². The molecule has 0 aliphatic rings. The third-order valence-electron chi connectivity index (χ3n) is 3.09. The predicted molar refractivity (Wildman–Crippen MR) is 71.2 cm³/mol. The summed E-state index contributed by atoms with van der Waals surface area (Å²) in [5.74, 6) is 2.32. The second kappa shape index (κ2) is 7.49. The Kier molecular flexibility index (Phi) is 6.27. The molecule has 0 saturated carbocycles. The standard InChI is InChI=1S/C14H26N2O/c1-5-7-8-11(3)13-10-16-14(17-13)12(4)15-9-6-2/h10-12,15H,5-9H2,1-4H3. The first kappa shape index (κ1) is 14.2. The second-order valence-corrected chi connectivity index (χ2v) is 4.82. The van der Waals surface area contributed by atoms with Gasteiger partial charge in [0.1, 0.15) is 5.76 Å². The summed E-state index contributed by atoms with van der Waals surface area (Å²) in [6.07, 6.45) is 6.69. The van der Waals surface area contributed by atoms with Crippen molar-refractivity contribution in [2.24, 2.45) is 0 Å². The molecule has 17 heavy (non-hydrogen) atoms. The van der Waals surface area contributed by atoms with Gasteiger partial charge < -0.3 is 9.73 Å². The van der Waals surface area contributed by atoms with Crippen LogP contribution in [0.2, 0.25) is 0 Å². The normalized spacial score (nSPS) is 14.8. The van der Waals surface area contributed by atoms with Crippen molar-refractivity contribution < 1.29 is 4.42 Å². The van der Waals surface area contributed by atoms with Crippen LogP contribution in [0.4, 0.5) is 0 Å². The summed E-state index contributed by atoms with van der Waals surface area (Å²) in [5, 5.41) is 3.39. The van der Waals surface area contributed by atoms with Crippen LogP contribution in [0.3, 0.4) is 0 Å². The van der Waals surface area contributed by atoms with E-state index in [1.54, 1.807) is 0 Å². The van der Waals surface area contributed by atoms with Crippen LogP contribution in [0, 0.1) is 0 Å². The van der Waals surface area contributed by atoms with Crippen LogP contribution in [0.5, 0.6) is 0 Å². The Bertz CT molecular complexity index is 280. The minimum atomic E-state index is 0.210. The molecule has 0 spiro atoms. The number of aromatic nitrogens is 1. The maximum atomic E-state index is 5.83.